The first kappa shape index (κ1) is 19.1. The molecule has 0 N–H and O–H groups in total. The van der Waals surface area contributed by atoms with E-state index in [-0.39, 0.29) is 21.5 Å². The molecule has 0 bridgehead atoms. The van der Waals surface area contributed by atoms with Gasteiger partial charge in [0.15, 0.2) is 19.7 Å². The van der Waals surface area contributed by atoms with Gasteiger partial charge in [0.1, 0.15) is 0 Å². The molecule has 0 aliphatic rings. The van der Waals surface area contributed by atoms with Crippen LogP contribution in [0.3, 0.4) is 0 Å². The standard InChI is InChI=1S/C17H19NO5S2/c1-4-25(22,23)16-9-5-13(6-10-16)17(19)18(2)14-7-11-15(12-8-14)24(3,20)21/h5-12H,4H2,1-3H3. The van der Waals surface area contributed by atoms with Crippen LogP contribution in [0.15, 0.2) is 58.3 Å². The number of benzene rings is 2. The van der Waals surface area contributed by atoms with Crippen LogP contribution in [0.5, 0.6) is 0 Å². The van der Waals surface area contributed by atoms with Crippen LogP contribution in [0, 0.1) is 0 Å². The van der Waals surface area contributed by atoms with Gasteiger partial charge in [0.05, 0.1) is 15.5 Å². The molecule has 134 valence electrons. The SMILES string of the molecule is CCS(=O)(=O)c1ccc(C(=O)N(C)c2ccc(S(C)(=O)=O)cc2)cc1. The van der Waals surface area contributed by atoms with Gasteiger partial charge in [-0.1, -0.05) is 6.92 Å². The second-order valence-corrected chi connectivity index (χ2v) is 9.85. The van der Waals surface area contributed by atoms with Crippen LogP contribution >= 0.6 is 0 Å². The average Bonchev–Trinajstić information content (AvgIpc) is 2.60. The summed E-state index contributed by atoms with van der Waals surface area (Å²) < 4.78 is 46.6. The van der Waals surface area contributed by atoms with E-state index in [2.05, 4.69) is 0 Å². The second kappa shape index (κ2) is 6.97. The molecule has 2 rings (SSSR count). The van der Waals surface area contributed by atoms with Gasteiger partial charge >= 0.3 is 0 Å². The third-order valence-electron chi connectivity index (χ3n) is 3.80. The summed E-state index contributed by atoms with van der Waals surface area (Å²) in [6.45, 7) is 1.56. The topological polar surface area (TPSA) is 88.6 Å². The van der Waals surface area contributed by atoms with Crippen LogP contribution in [0.4, 0.5) is 5.69 Å². The zero-order valence-electron chi connectivity index (χ0n) is 14.1. The van der Waals surface area contributed by atoms with Crippen LogP contribution in [0.2, 0.25) is 0 Å². The molecule has 2 aromatic carbocycles. The minimum Gasteiger partial charge on any atom is -0.311 e. The molecule has 0 heterocycles. The van der Waals surface area contributed by atoms with Crippen LogP contribution in [0.1, 0.15) is 17.3 Å². The van der Waals surface area contributed by atoms with E-state index >= 15 is 0 Å². The monoisotopic (exact) mass is 381 g/mol. The number of nitrogens with zero attached hydrogens (tertiary/aromatic N) is 1. The Bertz CT molecular complexity index is 976. The van der Waals surface area contributed by atoms with Crippen molar-refractivity contribution in [3.05, 3.63) is 54.1 Å². The first-order chi connectivity index (χ1) is 11.6. The van der Waals surface area contributed by atoms with Gasteiger partial charge in [0.2, 0.25) is 0 Å². The number of hydrogen-bond acceptors (Lipinski definition) is 5. The maximum absolute atomic E-state index is 12.5. The van der Waals surface area contributed by atoms with Gasteiger partial charge in [0.25, 0.3) is 5.91 Å². The summed E-state index contributed by atoms with van der Waals surface area (Å²) >= 11 is 0. The number of hydrogen-bond donors (Lipinski definition) is 0. The molecule has 0 radical (unpaired) electrons. The molecule has 0 atom stereocenters. The molecule has 0 saturated carbocycles. The summed E-state index contributed by atoms with van der Waals surface area (Å²) in [5.41, 5.74) is 0.868. The van der Waals surface area contributed by atoms with E-state index in [4.69, 9.17) is 0 Å². The van der Waals surface area contributed by atoms with Crippen molar-refractivity contribution in [3.8, 4) is 0 Å². The average molecular weight is 381 g/mol. The highest BCUT2D eigenvalue weighted by Gasteiger charge is 2.17. The van der Waals surface area contributed by atoms with Crippen LogP contribution in [0.25, 0.3) is 0 Å². The minimum absolute atomic E-state index is 0.00706. The Morgan fingerprint density at radius 3 is 1.80 bits per heavy atom. The fourth-order valence-corrected chi connectivity index (χ4v) is 3.71. The van der Waals surface area contributed by atoms with Gasteiger partial charge in [-0.25, -0.2) is 16.8 Å². The second-order valence-electron chi connectivity index (χ2n) is 5.56. The Morgan fingerprint density at radius 2 is 1.36 bits per heavy atom. The van der Waals surface area contributed by atoms with Gasteiger partial charge in [0, 0.05) is 24.6 Å². The molecule has 0 spiro atoms. The number of carbonyl (C=O) groups is 1. The summed E-state index contributed by atoms with van der Waals surface area (Å²) in [6, 6.07) is 11.7. The van der Waals surface area contributed by atoms with Crippen LogP contribution < -0.4 is 4.90 Å². The van der Waals surface area contributed by atoms with Crippen molar-refractivity contribution < 1.29 is 21.6 Å². The van der Waals surface area contributed by atoms with Crippen LogP contribution in [-0.4, -0.2) is 41.8 Å². The van der Waals surface area contributed by atoms with Gasteiger partial charge in [-0.3, -0.25) is 4.79 Å². The third kappa shape index (κ3) is 4.26. The van der Waals surface area contributed by atoms with E-state index in [9.17, 15) is 21.6 Å². The van der Waals surface area contributed by atoms with E-state index in [1.807, 2.05) is 0 Å². The van der Waals surface area contributed by atoms with Gasteiger partial charge < -0.3 is 4.90 Å². The summed E-state index contributed by atoms with van der Waals surface area (Å²) in [7, 11) is -5.05. The quantitative estimate of drug-likeness (QED) is 0.792. The van der Waals surface area contributed by atoms with Crippen molar-refractivity contribution in [2.45, 2.75) is 16.7 Å². The van der Waals surface area contributed by atoms with Gasteiger partial charge in [-0.05, 0) is 48.5 Å². The van der Waals surface area contributed by atoms with E-state index in [0.717, 1.165) is 6.26 Å². The lowest BCUT2D eigenvalue weighted by molar-refractivity contribution is 0.0993. The molecule has 0 aliphatic heterocycles. The highest BCUT2D eigenvalue weighted by Crippen LogP contribution is 2.20. The first-order valence-corrected chi connectivity index (χ1v) is 11.0. The lowest BCUT2D eigenvalue weighted by atomic mass is 10.2. The predicted octanol–water partition coefficient (Wildman–Crippen LogP) is 2.16. The summed E-state index contributed by atoms with van der Waals surface area (Å²) in [5.74, 6) is -0.333. The molecule has 0 aliphatic carbocycles. The maximum atomic E-state index is 12.5. The summed E-state index contributed by atoms with van der Waals surface area (Å²) in [5, 5.41) is 0. The number of sulfone groups is 2. The molecule has 0 saturated heterocycles. The number of carbonyl (C=O) groups excluding carboxylic acids is 1. The zero-order valence-corrected chi connectivity index (χ0v) is 15.8. The fraction of sp³-hybridized carbons (Fsp3) is 0.235. The highest BCUT2D eigenvalue weighted by atomic mass is 32.2. The van der Waals surface area contributed by atoms with E-state index in [1.54, 1.807) is 26.1 Å². The molecule has 0 aromatic heterocycles. The molecular formula is C17H19NO5S2. The number of anilines is 1. The largest absolute Gasteiger partial charge is 0.311 e. The molecule has 8 heteroatoms. The van der Waals surface area contributed by atoms with Crippen molar-refractivity contribution in [2.24, 2.45) is 0 Å². The lowest BCUT2D eigenvalue weighted by Crippen LogP contribution is -2.26. The Kier molecular flexibility index (Phi) is 5.34. The normalized spacial score (nSPS) is 12.0. The predicted molar refractivity (Wildman–Crippen MR) is 96.5 cm³/mol. The molecule has 0 unspecified atom stereocenters. The number of amides is 1. The van der Waals surface area contributed by atoms with Crippen LogP contribution in [-0.2, 0) is 19.7 Å². The Morgan fingerprint density at radius 1 is 0.880 bits per heavy atom. The smallest absolute Gasteiger partial charge is 0.258 e. The minimum atomic E-state index is -3.31. The zero-order chi connectivity index (χ0) is 18.8. The van der Waals surface area contributed by atoms with Gasteiger partial charge in [-0.2, -0.15) is 0 Å². The Labute approximate surface area is 147 Å². The van der Waals surface area contributed by atoms with E-state index in [1.165, 1.54) is 41.3 Å². The molecule has 6 nitrogen and oxygen atoms in total. The Balaban J connectivity index is 2.25. The molecule has 2 aromatic rings. The first-order valence-electron chi connectivity index (χ1n) is 7.47. The van der Waals surface area contributed by atoms with Gasteiger partial charge in [-0.15, -0.1) is 0 Å². The summed E-state index contributed by atoms with van der Waals surface area (Å²) in [4.78, 5) is 14.2. The third-order valence-corrected chi connectivity index (χ3v) is 6.68. The molecule has 25 heavy (non-hydrogen) atoms. The van der Waals surface area contributed by atoms with Crippen molar-refractivity contribution in [1.82, 2.24) is 0 Å². The molecule has 1 amide bonds. The maximum Gasteiger partial charge on any atom is 0.258 e. The fourth-order valence-electron chi connectivity index (χ4n) is 2.20. The van der Waals surface area contributed by atoms with E-state index < -0.39 is 19.7 Å². The van der Waals surface area contributed by atoms with Crippen molar-refractivity contribution in [3.63, 3.8) is 0 Å². The molecule has 0 fully saturated rings. The van der Waals surface area contributed by atoms with E-state index in [0.29, 0.717) is 11.3 Å². The highest BCUT2D eigenvalue weighted by molar-refractivity contribution is 7.91. The lowest BCUT2D eigenvalue weighted by Gasteiger charge is -2.18. The van der Waals surface area contributed by atoms with Crippen molar-refractivity contribution in [2.75, 3.05) is 24.0 Å². The Hall–Kier alpha value is -2.19. The summed E-state index contributed by atoms with van der Waals surface area (Å²) in [6.07, 6.45) is 1.11. The molecular weight excluding hydrogens is 362 g/mol. The van der Waals surface area contributed by atoms with Crippen molar-refractivity contribution in [1.29, 1.82) is 0 Å². The number of rotatable bonds is 5. The van der Waals surface area contributed by atoms with Crippen molar-refractivity contribution >= 4 is 31.3 Å².